The minimum atomic E-state index is -0.559. The molecule has 0 atom stereocenters. The topological polar surface area (TPSA) is 16.4 Å². The van der Waals surface area contributed by atoms with Crippen LogP contribution < -0.4 is 4.90 Å². The van der Waals surface area contributed by atoms with Gasteiger partial charge in [-0.3, -0.25) is 0 Å². The van der Waals surface area contributed by atoms with Gasteiger partial charge in [-0.05, 0) is 159 Å². The number of hydrogen-bond donors (Lipinski definition) is 0. The normalized spacial score (nSPS) is 22.7. The number of para-hydroxylation sites is 2. The Kier molecular flexibility index (Phi) is 8.55. The molecular formula is C68H55NO. The van der Waals surface area contributed by atoms with E-state index in [1.807, 2.05) is 0 Å². The monoisotopic (exact) mass is 901 g/mol. The van der Waals surface area contributed by atoms with E-state index in [0.29, 0.717) is 11.8 Å². The van der Waals surface area contributed by atoms with Crippen molar-refractivity contribution in [3.8, 4) is 22.3 Å². The summed E-state index contributed by atoms with van der Waals surface area (Å²) < 4.78 is 6.69. The maximum atomic E-state index is 6.69. The number of fused-ring (bicyclic) bond motifs is 8. The molecule has 9 aromatic carbocycles. The third kappa shape index (κ3) is 5.40. The third-order valence-corrected chi connectivity index (χ3v) is 18.4. The molecule has 338 valence electrons. The molecule has 0 N–H and O–H groups in total. The molecule has 1 heterocycles. The molecule has 4 bridgehead atoms. The van der Waals surface area contributed by atoms with Crippen molar-refractivity contribution < 1.29 is 4.42 Å². The van der Waals surface area contributed by atoms with Crippen LogP contribution in [-0.2, 0) is 16.2 Å². The van der Waals surface area contributed by atoms with Crippen molar-refractivity contribution in [2.45, 2.75) is 62.2 Å². The van der Waals surface area contributed by atoms with Gasteiger partial charge in [0.15, 0.2) is 0 Å². The lowest BCUT2D eigenvalue weighted by molar-refractivity contribution is -0.0440. The molecule has 6 aliphatic rings. The van der Waals surface area contributed by atoms with Crippen LogP contribution in [0.3, 0.4) is 0 Å². The van der Waals surface area contributed by atoms with E-state index in [4.69, 9.17) is 4.42 Å². The quantitative estimate of drug-likeness (QED) is 0.165. The number of furan rings is 1. The molecular weight excluding hydrogens is 847 g/mol. The van der Waals surface area contributed by atoms with Crippen LogP contribution in [0.2, 0.25) is 0 Å². The van der Waals surface area contributed by atoms with Gasteiger partial charge in [0.2, 0.25) is 0 Å². The molecule has 4 saturated carbocycles. The molecule has 0 unspecified atom stereocenters. The Morgan fingerprint density at radius 2 is 0.943 bits per heavy atom. The zero-order valence-electron chi connectivity index (χ0n) is 39.9. The highest BCUT2D eigenvalue weighted by Gasteiger charge is 2.63. The molecule has 0 aliphatic heterocycles. The van der Waals surface area contributed by atoms with Gasteiger partial charge in [-0.25, -0.2) is 0 Å². The Labute approximate surface area is 411 Å². The van der Waals surface area contributed by atoms with Crippen LogP contribution in [0.4, 0.5) is 17.1 Å². The Balaban J connectivity index is 1.02. The van der Waals surface area contributed by atoms with Crippen LogP contribution >= 0.6 is 0 Å². The summed E-state index contributed by atoms with van der Waals surface area (Å²) in [6, 6.07) is 81.0. The number of nitrogens with zero attached hydrogens (tertiary/aromatic N) is 1. The summed E-state index contributed by atoms with van der Waals surface area (Å²) in [6.45, 7) is 4.80. The van der Waals surface area contributed by atoms with E-state index < -0.39 is 5.41 Å². The largest absolute Gasteiger partial charge is 0.455 e. The molecule has 1 spiro atoms. The highest BCUT2D eigenvalue weighted by Crippen LogP contribution is 2.70. The molecule has 0 amide bonds. The maximum Gasteiger partial charge on any atom is 0.143 e. The van der Waals surface area contributed by atoms with Gasteiger partial charge >= 0.3 is 0 Å². The molecule has 70 heavy (non-hydrogen) atoms. The second-order valence-corrected chi connectivity index (χ2v) is 22.0. The molecule has 16 rings (SSSR count). The molecule has 1 aromatic heterocycles. The Hall–Kier alpha value is -7.42. The van der Waals surface area contributed by atoms with Crippen LogP contribution in [0, 0.1) is 23.7 Å². The lowest BCUT2D eigenvalue weighted by Crippen LogP contribution is -2.59. The van der Waals surface area contributed by atoms with Crippen LogP contribution in [0.5, 0.6) is 0 Å². The van der Waals surface area contributed by atoms with Gasteiger partial charge in [0.25, 0.3) is 0 Å². The predicted octanol–water partition coefficient (Wildman–Crippen LogP) is 17.5. The number of rotatable bonds is 6. The second-order valence-electron chi connectivity index (χ2n) is 22.0. The average molecular weight is 902 g/mol. The first-order chi connectivity index (χ1) is 34.4. The van der Waals surface area contributed by atoms with E-state index in [0.717, 1.165) is 56.3 Å². The molecule has 10 aromatic rings. The van der Waals surface area contributed by atoms with Crippen molar-refractivity contribution in [1.29, 1.82) is 0 Å². The second kappa shape index (κ2) is 14.8. The summed E-state index contributed by atoms with van der Waals surface area (Å²) in [5.74, 6) is 2.93. The van der Waals surface area contributed by atoms with E-state index in [1.54, 1.807) is 11.1 Å². The zero-order chi connectivity index (χ0) is 46.3. The molecule has 2 nitrogen and oxygen atoms in total. The van der Waals surface area contributed by atoms with Crippen molar-refractivity contribution in [3.63, 3.8) is 0 Å². The summed E-state index contributed by atoms with van der Waals surface area (Å²) in [5.41, 5.74) is 20.8. The standard InChI is InChI=1S/C68H55NO/c1-66(2)58-27-11-9-23-54(58)55-33-31-51(41-62(55)66)69(50-22-15-17-45(40-50)53-25-16-26-57-56-24-10-14-30-64(56)70-65(53)57)52-32-34-61-63(42-52)67(46-18-5-3-6-19-46,47-20-7-4-8-21-47)59-28-12-13-29-60(59)68(61)48-36-43-35-44(38-48)39-49(68)37-43/h3-34,40-44,48-49H,35-39H2,1-2H3. The summed E-state index contributed by atoms with van der Waals surface area (Å²) in [6.07, 6.45) is 6.75. The fourth-order valence-corrected chi connectivity index (χ4v) is 15.8. The summed E-state index contributed by atoms with van der Waals surface area (Å²) in [7, 11) is 0. The lowest BCUT2D eigenvalue weighted by atomic mass is 9.38. The fourth-order valence-electron chi connectivity index (χ4n) is 15.8. The Bertz CT molecular complexity index is 3660. The molecule has 0 radical (unpaired) electrons. The highest BCUT2D eigenvalue weighted by atomic mass is 16.3. The van der Waals surface area contributed by atoms with Crippen molar-refractivity contribution in [2.24, 2.45) is 23.7 Å². The van der Waals surface area contributed by atoms with Gasteiger partial charge < -0.3 is 9.32 Å². The Morgan fingerprint density at radius 1 is 0.400 bits per heavy atom. The van der Waals surface area contributed by atoms with E-state index in [9.17, 15) is 0 Å². The third-order valence-electron chi connectivity index (χ3n) is 18.4. The number of benzene rings is 9. The molecule has 0 saturated heterocycles. The summed E-state index contributed by atoms with van der Waals surface area (Å²) >= 11 is 0. The van der Waals surface area contributed by atoms with Gasteiger partial charge in [-0.15, -0.1) is 0 Å². The van der Waals surface area contributed by atoms with Crippen molar-refractivity contribution in [3.05, 3.63) is 257 Å². The first-order valence-corrected chi connectivity index (χ1v) is 25.8. The zero-order valence-corrected chi connectivity index (χ0v) is 39.9. The van der Waals surface area contributed by atoms with Crippen molar-refractivity contribution in [2.75, 3.05) is 4.90 Å². The first-order valence-electron chi connectivity index (χ1n) is 25.8. The van der Waals surface area contributed by atoms with E-state index in [2.05, 4.69) is 231 Å². The summed E-state index contributed by atoms with van der Waals surface area (Å²) in [4.78, 5) is 2.56. The smallest absolute Gasteiger partial charge is 0.143 e. The fraction of sp³-hybridized carbons (Fsp3) is 0.206. The van der Waals surface area contributed by atoms with Crippen molar-refractivity contribution in [1.82, 2.24) is 0 Å². The minimum absolute atomic E-state index is 0.0513. The highest BCUT2D eigenvalue weighted by molar-refractivity contribution is 6.09. The molecule has 2 heteroatoms. The SMILES string of the molecule is CC1(C)c2ccccc2-c2ccc(N(c3cccc(-c4cccc5c4oc4ccccc45)c3)c3ccc4c(c3)C(c3ccccc3)(c3ccccc3)c3ccccc3C43C4CC5CC(C4)CC3C5)cc21. The van der Waals surface area contributed by atoms with Gasteiger partial charge in [-0.1, -0.05) is 184 Å². The van der Waals surface area contributed by atoms with Crippen molar-refractivity contribution >= 4 is 39.0 Å². The predicted molar refractivity (Wildman–Crippen MR) is 288 cm³/mol. The number of hydrogen-bond acceptors (Lipinski definition) is 2. The van der Waals surface area contributed by atoms with Gasteiger partial charge in [0, 0.05) is 44.2 Å². The van der Waals surface area contributed by atoms with Crippen LogP contribution in [0.25, 0.3) is 44.2 Å². The van der Waals surface area contributed by atoms with Crippen LogP contribution in [0.1, 0.15) is 90.5 Å². The maximum absolute atomic E-state index is 6.69. The van der Waals surface area contributed by atoms with Crippen LogP contribution in [-0.4, -0.2) is 0 Å². The average Bonchev–Trinajstić information content (AvgIpc) is 3.90. The van der Waals surface area contributed by atoms with E-state index in [1.165, 1.54) is 82.3 Å². The molecule has 4 fully saturated rings. The number of anilines is 3. The lowest BCUT2D eigenvalue weighted by Gasteiger charge is -2.65. The van der Waals surface area contributed by atoms with Crippen LogP contribution in [0.15, 0.2) is 217 Å². The molecule has 6 aliphatic carbocycles. The summed E-state index contributed by atoms with van der Waals surface area (Å²) in [5, 5.41) is 2.29. The van der Waals surface area contributed by atoms with Gasteiger partial charge in [0.1, 0.15) is 11.2 Å². The first kappa shape index (κ1) is 40.5. The van der Waals surface area contributed by atoms with Gasteiger partial charge in [-0.2, -0.15) is 0 Å². The van der Waals surface area contributed by atoms with Gasteiger partial charge in [0.05, 0.1) is 5.41 Å². The Morgan fingerprint density at radius 3 is 1.69 bits per heavy atom. The van der Waals surface area contributed by atoms with E-state index >= 15 is 0 Å². The van der Waals surface area contributed by atoms with E-state index in [-0.39, 0.29) is 10.8 Å². The minimum Gasteiger partial charge on any atom is -0.455 e.